The lowest BCUT2D eigenvalue weighted by molar-refractivity contribution is 0.0737. The van der Waals surface area contributed by atoms with Gasteiger partial charge >= 0.3 is 0 Å². The summed E-state index contributed by atoms with van der Waals surface area (Å²) in [4.78, 5) is 18.7. The highest BCUT2D eigenvalue weighted by atomic mass is 19.1. The van der Waals surface area contributed by atoms with E-state index < -0.39 is 5.82 Å². The van der Waals surface area contributed by atoms with Crippen LogP contribution in [0.5, 0.6) is 0 Å². The molecule has 1 aliphatic heterocycles. The molecule has 132 valence electrons. The number of aryl methyl sites for hydroxylation is 1. The number of benzene rings is 1. The lowest BCUT2D eigenvalue weighted by Crippen LogP contribution is -2.32. The number of amides is 1. The quantitative estimate of drug-likeness (QED) is 0.713. The first-order valence-corrected chi connectivity index (χ1v) is 8.64. The van der Waals surface area contributed by atoms with E-state index >= 15 is 0 Å². The Morgan fingerprint density at radius 2 is 2.04 bits per heavy atom. The number of carbonyl (C=O) groups is 1. The number of hydrogen-bond donors (Lipinski definition) is 0. The monoisotopic (exact) mass is 350 g/mol. The number of aromatic nitrogens is 3. The minimum atomic E-state index is -0.483. The maximum Gasteiger partial charge on any atom is 0.257 e. The molecular formula is C20H19FN4O. The fourth-order valence-corrected chi connectivity index (χ4v) is 3.48. The number of fused-ring (bicyclic) bond motifs is 1. The summed E-state index contributed by atoms with van der Waals surface area (Å²) < 4.78 is 15.8. The topological polar surface area (TPSA) is 51.0 Å². The Morgan fingerprint density at radius 1 is 1.19 bits per heavy atom. The molecule has 26 heavy (non-hydrogen) atoms. The molecule has 0 atom stereocenters. The van der Waals surface area contributed by atoms with Crippen LogP contribution >= 0.6 is 0 Å². The lowest BCUT2D eigenvalue weighted by atomic mass is 10.0. The first-order chi connectivity index (χ1) is 12.6. The molecule has 0 radical (unpaired) electrons. The largest absolute Gasteiger partial charge is 0.333 e. The van der Waals surface area contributed by atoms with E-state index in [1.54, 1.807) is 29.4 Å². The Morgan fingerprint density at radius 3 is 2.81 bits per heavy atom. The summed E-state index contributed by atoms with van der Waals surface area (Å²) in [7, 11) is 1.88. The zero-order chi connectivity index (χ0) is 18.1. The van der Waals surface area contributed by atoms with Gasteiger partial charge in [-0.25, -0.2) is 4.39 Å². The van der Waals surface area contributed by atoms with Crippen molar-refractivity contribution in [3.05, 3.63) is 71.4 Å². The number of hydrogen-bond acceptors (Lipinski definition) is 3. The minimum Gasteiger partial charge on any atom is -0.333 e. The van der Waals surface area contributed by atoms with Gasteiger partial charge in [0.25, 0.3) is 5.91 Å². The molecule has 2 aromatic heterocycles. The Bertz CT molecular complexity index is 952. The van der Waals surface area contributed by atoms with Crippen LogP contribution < -0.4 is 0 Å². The average Bonchev–Trinajstić information content (AvgIpc) is 2.84. The van der Waals surface area contributed by atoms with Crippen molar-refractivity contribution >= 4 is 5.91 Å². The smallest absolute Gasteiger partial charge is 0.257 e. The molecule has 0 spiro atoms. The molecular weight excluding hydrogens is 331 g/mol. The Hall–Kier alpha value is -3.02. The molecule has 3 heterocycles. The van der Waals surface area contributed by atoms with Gasteiger partial charge in [-0.2, -0.15) is 5.10 Å². The number of pyridine rings is 1. The molecule has 0 saturated carbocycles. The van der Waals surface area contributed by atoms with Crippen molar-refractivity contribution < 1.29 is 9.18 Å². The van der Waals surface area contributed by atoms with E-state index in [1.807, 2.05) is 23.9 Å². The summed E-state index contributed by atoms with van der Waals surface area (Å²) in [5.74, 6) is -0.761. The summed E-state index contributed by atoms with van der Waals surface area (Å²) in [6, 6.07) is 10.0. The molecule has 0 unspecified atom stereocenters. The van der Waals surface area contributed by atoms with E-state index in [9.17, 15) is 9.18 Å². The Kier molecular flexibility index (Phi) is 4.24. The van der Waals surface area contributed by atoms with Crippen molar-refractivity contribution in [2.75, 3.05) is 6.54 Å². The molecule has 3 aromatic rings. The van der Waals surface area contributed by atoms with Crippen molar-refractivity contribution in [2.24, 2.45) is 7.05 Å². The van der Waals surface area contributed by atoms with Gasteiger partial charge in [-0.05, 0) is 37.1 Å². The normalized spacial score (nSPS) is 14.0. The maximum atomic E-state index is 14.0. The van der Waals surface area contributed by atoms with Crippen LogP contribution in [-0.4, -0.2) is 32.1 Å². The Balaban J connectivity index is 1.69. The molecule has 0 aliphatic carbocycles. The fraction of sp³-hybridized carbons (Fsp3) is 0.250. The number of rotatable bonds is 2. The molecule has 0 fully saturated rings. The van der Waals surface area contributed by atoms with Crippen LogP contribution in [-0.2, 0) is 20.0 Å². The maximum absolute atomic E-state index is 14.0. The fourth-order valence-electron chi connectivity index (χ4n) is 3.48. The zero-order valence-electron chi connectivity index (χ0n) is 14.5. The van der Waals surface area contributed by atoms with Crippen LogP contribution in [0, 0.1) is 5.82 Å². The van der Waals surface area contributed by atoms with E-state index in [4.69, 9.17) is 0 Å². The second-order valence-corrected chi connectivity index (χ2v) is 6.45. The molecule has 0 N–H and O–H groups in total. The van der Waals surface area contributed by atoms with Crippen molar-refractivity contribution in [3.63, 3.8) is 0 Å². The highest BCUT2D eigenvalue weighted by Crippen LogP contribution is 2.29. The van der Waals surface area contributed by atoms with Crippen LogP contribution in [0.2, 0.25) is 0 Å². The first-order valence-electron chi connectivity index (χ1n) is 8.64. The second-order valence-electron chi connectivity index (χ2n) is 6.45. The van der Waals surface area contributed by atoms with Crippen molar-refractivity contribution in [2.45, 2.75) is 19.4 Å². The van der Waals surface area contributed by atoms with Crippen LogP contribution in [0.15, 0.2) is 48.8 Å². The third-order valence-electron chi connectivity index (χ3n) is 4.80. The summed E-state index contributed by atoms with van der Waals surface area (Å²) in [5, 5.41) is 4.65. The van der Waals surface area contributed by atoms with Crippen LogP contribution in [0.1, 0.15) is 28.0 Å². The van der Waals surface area contributed by atoms with Gasteiger partial charge in [0.2, 0.25) is 0 Å². The van der Waals surface area contributed by atoms with Gasteiger partial charge in [0, 0.05) is 37.1 Å². The van der Waals surface area contributed by atoms with Crippen LogP contribution in [0.4, 0.5) is 4.39 Å². The molecule has 0 bridgehead atoms. The highest BCUT2D eigenvalue weighted by molar-refractivity contribution is 5.94. The van der Waals surface area contributed by atoms with Crippen molar-refractivity contribution in [3.8, 4) is 11.3 Å². The molecule has 1 amide bonds. The summed E-state index contributed by atoms with van der Waals surface area (Å²) in [5.41, 5.74) is 4.13. The Labute approximate surface area is 151 Å². The molecule has 1 aromatic carbocycles. The van der Waals surface area contributed by atoms with Gasteiger partial charge in [0.15, 0.2) is 0 Å². The zero-order valence-corrected chi connectivity index (χ0v) is 14.5. The minimum absolute atomic E-state index is 0.116. The predicted molar refractivity (Wildman–Crippen MR) is 95.9 cm³/mol. The average molecular weight is 350 g/mol. The van der Waals surface area contributed by atoms with Gasteiger partial charge in [-0.3, -0.25) is 14.5 Å². The lowest BCUT2D eigenvalue weighted by Gasteiger charge is -2.21. The number of nitrogens with zero attached hydrogens (tertiary/aromatic N) is 4. The summed E-state index contributed by atoms with van der Waals surface area (Å²) in [6.07, 6.45) is 5.18. The molecule has 5 nitrogen and oxygen atoms in total. The van der Waals surface area contributed by atoms with E-state index in [2.05, 4.69) is 10.1 Å². The molecule has 6 heteroatoms. The summed E-state index contributed by atoms with van der Waals surface area (Å²) in [6.45, 7) is 1.01. The number of carbonyl (C=O) groups excluding carboxylic acids is 1. The highest BCUT2D eigenvalue weighted by Gasteiger charge is 2.26. The standard InChI is InChI=1S/C20H19FN4O/c1-24-18-13-25(20(26)15-7-2-3-9-17(15)21)11-5-8-16(18)19(23-24)14-6-4-10-22-12-14/h2-4,6-7,9-10,12H,5,8,11,13H2,1H3. The van der Waals surface area contributed by atoms with E-state index in [0.717, 1.165) is 35.4 Å². The SMILES string of the molecule is Cn1nc(-c2cccnc2)c2c1CN(C(=O)c1ccccc1F)CCC2. The van der Waals surface area contributed by atoms with Gasteiger partial charge < -0.3 is 4.90 Å². The third kappa shape index (κ3) is 2.87. The predicted octanol–water partition coefficient (Wildman–Crippen LogP) is 3.21. The first kappa shape index (κ1) is 16.4. The third-order valence-corrected chi connectivity index (χ3v) is 4.80. The van der Waals surface area contributed by atoms with E-state index in [1.165, 1.54) is 12.1 Å². The van der Waals surface area contributed by atoms with Crippen molar-refractivity contribution in [1.29, 1.82) is 0 Å². The number of halogens is 1. The van der Waals surface area contributed by atoms with Gasteiger partial charge in [0.1, 0.15) is 5.82 Å². The van der Waals surface area contributed by atoms with Gasteiger partial charge in [-0.1, -0.05) is 12.1 Å². The van der Waals surface area contributed by atoms with E-state index in [0.29, 0.717) is 13.1 Å². The molecule has 0 saturated heterocycles. The van der Waals surface area contributed by atoms with E-state index in [-0.39, 0.29) is 11.5 Å². The van der Waals surface area contributed by atoms with Crippen molar-refractivity contribution in [1.82, 2.24) is 19.7 Å². The second kappa shape index (κ2) is 6.71. The van der Waals surface area contributed by atoms with Crippen LogP contribution in [0.25, 0.3) is 11.3 Å². The molecule has 1 aliphatic rings. The molecule has 4 rings (SSSR count). The van der Waals surface area contributed by atoms with Gasteiger partial charge in [0.05, 0.1) is 23.5 Å². The van der Waals surface area contributed by atoms with Crippen LogP contribution in [0.3, 0.4) is 0 Å². The summed E-state index contributed by atoms with van der Waals surface area (Å²) >= 11 is 0. The van der Waals surface area contributed by atoms with Gasteiger partial charge in [-0.15, -0.1) is 0 Å².